The molecule has 1 rings (SSSR count). The second-order valence-electron chi connectivity index (χ2n) is 5.53. The van der Waals surface area contributed by atoms with Crippen molar-refractivity contribution in [1.82, 2.24) is 5.32 Å². The van der Waals surface area contributed by atoms with Crippen molar-refractivity contribution in [2.45, 2.75) is 32.5 Å². The summed E-state index contributed by atoms with van der Waals surface area (Å²) in [6.07, 6.45) is -5.20. The molecule has 0 unspecified atom stereocenters. The number of rotatable bonds is 1. The molecule has 0 aliphatic heterocycles. The fraction of sp³-hybridized carbons (Fsp3) is 0.375. The van der Waals surface area contributed by atoms with Crippen molar-refractivity contribution >= 4 is 6.09 Å². The average molecular weight is 324 g/mol. The second kappa shape index (κ2) is 7.06. The van der Waals surface area contributed by atoms with Gasteiger partial charge in [-0.05, 0) is 39.0 Å². The van der Waals surface area contributed by atoms with Crippen LogP contribution in [0.4, 0.5) is 18.0 Å². The van der Waals surface area contributed by atoms with E-state index in [1.807, 2.05) is 0 Å². The highest BCUT2D eigenvalue weighted by molar-refractivity contribution is 5.68. The lowest BCUT2D eigenvalue weighted by atomic mass is 10.0. The number of alkyl carbamates (subject to hydrolysis) is 1. The van der Waals surface area contributed by atoms with E-state index in [1.54, 1.807) is 26.8 Å². The third kappa shape index (κ3) is 6.31. The van der Waals surface area contributed by atoms with Gasteiger partial charge in [0, 0.05) is 5.56 Å². The number of carbonyl (C=O) groups is 1. The van der Waals surface area contributed by atoms with Crippen molar-refractivity contribution in [3.63, 3.8) is 0 Å². The van der Waals surface area contributed by atoms with Crippen LogP contribution in [0.5, 0.6) is 0 Å². The summed E-state index contributed by atoms with van der Waals surface area (Å²) in [6, 6.07) is 4.46. The van der Waals surface area contributed by atoms with Crippen molar-refractivity contribution in [2.24, 2.45) is 0 Å². The number of benzene rings is 1. The van der Waals surface area contributed by atoms with Crippen molar-refractivity contribution < 1.29 is 22.7 Å². The van der Waals surface area contributed by atoms with E-state index < -0.39 is 23.4 Å². The third-order valence-corrected chi connectivity index (χ3v) is 2.41. The van der Waals surface area contributed by atoms with Gasteiger partial charge in [-0.15, -0.1) is 0 Å². The number of nitriles is 1. The molecule has 0 aliphatic rings. The van der Waals surface area contributed by atoms with Crippen LogP contribution in [0.3, 0.4) is 0 Å². The Morgan fingerprint density at radius 2 is 1.91 bits per heavy atom. The highest BCUT2D eigenvalue weighted by atomic mass is 19.4. The van der Waals surface area contributed by atoms with E-state index in [4.69, 9.17) is 10.00 Å². The van der Waals surface area contributed by atoms with E-state index in [1.165, 1.54) is 0 Å². The first kappa shape index (κ1) is 18.4. The molecular weight excluding hydrogens is 309 g/mol. The maximum Gasteiger partial charge on any atom is 0.416 e. The lowest BCUT2D eigenvalue weighted by Crippen LogP contribution is -2.32. The number of amides is 1. The zero-order valence-electron chi connectivity index (χ0n) is 12.8. The molecule has 1 aromatic rings. The van der Waals surface area contributed by atoms with Crippen molar-refractivity contribution in [2.75, 3.05) is 6.54 Å². The first-order chi connectivity index (χ1) is 10.5. The van der Waals surface area contributed by atoms with Gasteiger partial charge in [-0.1, -0.05) is 11.8 Å². The van der Waals surface area contributed by atoms with Crippen LogP contribution in [-0.2, 0) is 10.9 Å². The van der Waals surface area contributed by atoms with Gasteiger partial charge in [0.05, 0.1) is 17.7 Å². The van der Waals surface area contributed by atoms with Crippen molar-refractivity contribution in [3.8, 4) is 17.9 Å². The Labute approximate surface area is 132 Å². The molecule has 0 aromatic heterocycles. The molecule has 23 heavy (non-hydrogen) atoms. The molecule has 7 heteroatoms. The Hall–Kier alpha value is -2.67. The normalized spacial score (nSPS) is 11.0. The summed E-state index contributed by atoms with van der Waals surface area (Å²) >= 11 is 0. The second-order valence-corrected chi connectivity index (χ2v) is 5.53. The maximum absolute atomic E-state index is 12.7. The molecule has 0 aliphatic carbocycles. The van der Waals surface area contributed by atoms with E-state index in [9.17, 15) is 18.0 Å². The van der Waals surface area contributed by atoms with Gasteiger partial charge < -0.3 is 10.1 Å². The number of hydrogen-bond donors (Lipinski definition) is 1. The lowest BCUT2D eigenvalue weighted by Gasteiger charge is -2.19. The zero-order chi connectivity index (χ0) is 17.7. The molecule has 0 spiro atoms. The Bertz CT molecular complexity index is 686. The Balaban J connectivity index is 2.82. The zero-order valence-corrected chi connectivity index (χ0v) is 12.8. The molecule has 0 saturated heterocycles. The van der Waals surface area contributed by atoms with Crippen LogP contribution in [0.15, 0.2) is 18.2 Å². The van der Waals surface area contributed by atoms with E-state index in [0.29, 0.717) is 0 Å². The lowest BCUT2D eigenvalue weighted by molar-refractivity contribution is -0.137. The molecule has 1 aromatic carbocycles. The minimum Gasteiger partial charge on any atom is -0.444 e. The van der Waals surface area contributed by atoms with E-state index in [2.05, 4.69) is 17.2 Å². The number of halogens is 3. The summed E-state index contributed by atoms with van der Waals surface area (Å²) in [7, 11) is 0. The Morgan fingerprint density at radius 1 is 1.26 bits per heavy atom. The van der Waals surface area contributed by atoms with Gasteiger partial charge in [0.15, 0.2) is 0 Å². The number of ether oxygens (including phenoxy) is 1. The largest absolute Gasteiger partial charge is 0.444 e. The SMILES string of the molecule is CC(C)(C)OC(=O)NCC#Cc1cc(C(F)(F)F)ccc1C#N. The van der Waals surface area contributed by atoms with Gasteiger partial charge in [-0.25, -0.2) is 4.79 Å². The van der Waals surface area contributed by atoms with Gasteiger partial charge >= 0.3 is 12.3 Å². The van der Waals surface area contributed by atoms with Gasteiger partial charge in [0.1, 0.15) is 11.7 Å². The fourth-order valence-electron chi connectivity index (χ4n) is 1.49. The fourth-order valence-corrected chi connectivity index (χ4v) is 1.49. The van der Waals surface area contributed by atoms with Crippen LogP contribution in [-0.4, -0.2) is 18.2 Å². The Morgan fingerprint density at radius 3 is 2.43 bits per heavy atom. The standard InChI is InChI=1S/C16H15F3N2O2/c1-15(2,3)23-14(22)21-8-4-5-11-9-13(16(17,18)19)7-6-12(11)10-20/h6-7,9H,8H2,1-3H3,(H,21,22). The average Bonchev–Trinajstić information content (AvgIpc) is 2.40. The van der Waals surface area contributed by atoms with Gasteiger partial charge in [-0.3, -0.25) is 0 Å². The van der Waals surface area contributed by atoms with Crippen molar-refractivity contribution in [1.29, 1.82) is 5.26 Å². The quantitative estimate of drug-likeness (QED) is 0.805. The van der Waals surface area contributed by atoms with Gasteiger partial charge in [-0.2, -0.15) is 18.4 Å². The van der Waals surface area contributed by atoms with Gasteiger partial charge in [0.2, 0.25) is 0 Å². The first-order valence-electron chi connectivity index (χ1n) is 6.60. The molecule has 0 saturated carbocycles. The molecule has 0 bridgehead atoms. The van der Waals surface area contributed by atoms with Crippen LogP contribution in [0.1, 0.15) is 37.5 Å². The molecule has 0 fully saturated rings. The van der Waals surface area contributed by atoms with Crippen molar-refractivity contribution in [3.05, 3.63) is 34.9 Å². The van der Waals surface area contributed by atoms with Crippen LogP contribution < -0.4 is 5.32 Å². The summed E-state index contributed by atoms with van der Waals surface area (Å²) in [5.41, 5.74) is -1.57. The van der Waals surface area contributed by atoms with Crippen LogP contribution in [0.25, 0.3) is 0 Å². The molecule has 0 radical (unpaired) electrons. The predicted molar refractivity (Wildman–Crippen MR) is 77.3 cm³/mol. The Kier molecular flexibility index (Phi) is 5.64. The van der Waals surface area contributed by atoms with Crippen LogP contribution in [0.2, 0.25) is 0 Å². The summed E-state index contributed by atoms with van der Waals surface area (Å²) < 4.78 is 42.9. The van der Waals surface area contributed by atoms with Crippen LogP contribution >= 0.6 is 0 Å². The number of carbonyl (C=O) groups excluding carboxylic acids is 1. The number of nitrogens with zero attached hydrogens (tertiary/aromatic N) is 1. The van der Waals surface area contributed by atoms with E-state index in [-0.39, 0.29) is 17.7 Å². The van der Waals surface area contributed by atoms with Crippen LogP contribution in [0, 0.1) is 23.2 Å². The summed E-state index contributed by atoms with van der Waals surface area (Å²) in [5, 5.41) is 11.2. The maximum atomic E-state index is 12.7. The number of hydrogen-bond acceptors (Lipinski definition) is 3. The molecule has 1 N–H and O–H groups in total. The van der Waals surface area contributed by atoms with Gasteiger partial charge in [0.25, 0.3) is 0 Å². The predicted octanol–water partition coefficient (Wildman–Crippen LogP) is 3.45. The highest BCUT2D eigenvalue weighted by Crippen LogP contribution is 2.30. The molecule has 122 valence electrons. The molecule has 4 nitrogen and oxygen atoms in total. The summed E-state index contributed by atoms with van der Waals surface area (Å²) in [4.78, 5) is 11.4. The summed E-state index contributed by atoms with van der Waals surface area (Å²) in [6.45, 7) is 4.97. The topological polar surface area (TPSA) is 62.1 Å². The number of nitrogens with one attached hydrogen (secondary N) is 1. The minimum atomic E-state index is -4.51. The smallest absolute Gasteiger partial charge is 0.416 e. The molecule has 0 heterocycles. The number of alkyl halides is 3. The summed E-state index contributed by atoms with van der Waals surface area (Å²) in [5.74, 6) is 4.94. The third-order valence-electron chi connectivity index (χ3n) is 2.41. The minimum absolute atomic E-state index is 0.0303. The van der Waals surface area contributed by atoms with E-state index in [0.717, 1.165) is 18.2 Å². The van der Waals surface area contributed by atoms with E-state index >= 15 is 0 Å². The molecular formula is C16H15F3N2O2. The molecule has 1 amide bonds. The highest BCUT2D eigenvalue weighted by Gasteiger charge is 2.30. The first-order valence-corrected chi connectivity index (χ1v) is 6.60. The monoisotopic (exact) mass is 324 g/mol. The molecule has 0 atom stereocenters.